The van der Waals surface area contributed by atoms with Crippen LogP contribution < -0.4 is 5.32 Å². The molecule has 1 aliphatic heterocycles. The zero-order chi connectivity index (χ0) is 15.0. The molecule has 0 saturated heterocycles. The van der Waals surface area contributed by atoms with Gasteiger partial charge in [-0.25, -0.2) is 4.98 Å². The van der Waals surface area contributed by atoms with Gasteiger partial charge in [-0.05, 0) is 19.1 Å². The molecule has 0 spiro atoms. The number of nitrogens with zero attached hydrogens (tertiary/aromatic N) is 2. The summed E-state index contributed by atoms with van der Waals surface area (Å²) < 4.78 is 14.3. The number of hydrogen-bond acceptors (Lipinski definition) is 3. The minimum Gasteiger partial charge on any atom is -0.366 e. The van der Waals surface area contributed by atoms with E-state index in [4.69, 9.17) is 4.98 Å². The van der Waals surface area contributed by atoms with E-state index < -0.39 is 10.8 Å². The van der Waals surface area contributed by atoms with Gasteiger partial charge in [0.15, 0.2) is 0 Å². The summed E-state index contributed by atoms with van der Waals surface area (Å²) in [5.41, 5.74) is 3.16. The molecule has 1 atom stereocenters. The molecule has 0 fully saturated rings. The van der Waals surface area contributed by atoms with Crippen LogP contribution in [0.15, 0.2) is 34.7 Å². The minimum atomic E-state index is -0.992. The molecule has 0 aliphatic carbocycles. The fraction of sp³-hybridized carbons (Fsp3) is 0.312. The molecule has 2 heterocycles. The maximum Gasteiger partial charge on any atom is 0.143 e. The fourth-order valence-corrected chi connectivity index (χ4v) is 3.53. The molecule has 0 radical (unpaired) electrons. The Kier molecular flexibility index (Phi) is 3.68. The van der Waals surface area contributed by atoms with Gasteiger partial charge in [-0.1, -0.05) is 30.7 Å². The highest BCUT2D eigenvalue weighted by Crippen LogP contribution is 2.31. The van der Waals surface area contributed by atoms with Crippen molar-refractivity contribution in [3.05, 3.63) is 35.5 Å². The van der Waals surface area contributed by atoms with Crippen LogP contribution in [0.25, 0.3) is 17.5 Å². The number of rotatable bonds is 3. The first-order valence-corrected chi connectivity index (χ1v) is 8.39. The van der Waals surface area contributed by atoms with Crippen molar-refractivity contribution in [2.45, 2.75) is 18.7 Å². The second kappa shape index (κ2) is 5.48. The third kappa shape index (κ3) is 2.42. The lowest BCUT2D eigenvalue weighted by Gasteiger charge is -2.14. The number of imidazole rings is 1. The number of benzene rings is 1. The monoisotopic (exact) mass is 301 g/mol. The summed E-state index contributed by atoms with van der Waals surface area (Å²) in [5, 5.41) is 3.39. The highest BCUT2D eigenvalue weighted by Gasteiger charge is 2.20. The molecule has 1 aromatic heterocycles. The van der Waals surface area contributed by atoms with Crippen LogP contribution in [0.1, 0.15) is 19.5 Å². The van der Waals surface area contributed by atoms with Crippen LogP contribution in [0.5, 0.6) is 0 Å². The van der Waals surface area contributed by atoms with Crippen molar-refractivity contribution >= 4 is 22.7 Å². The van der Waals surface area contributed by atoms with E-state index >= 15 is 0 Å². The molecule has 1 unspecified atom stereocenters. The summed E-state index contributed by atoms with van der Waals surface area (Å²) in [7, 11) is 1.00. The lowest BCUT2D eigenvalue weighted by molar-refractivity contribution is 0.684. The molecular formula is C16H19N3OS. The van der Waals surface area contributed by atoms with E-state index in [1.165, 1.54) is 5.57 Å². The molecule has 0 saturated carbocycles. The number of anilines is 1. The van der Waals surface area contributed by atoms with Crippen LogP contribution in [0.2, 0.25) is 0 Å². The predicted molar refractivity (Wildman–Crippen MR) is 87.7 cm³/mol. The van der Waals surface area contributed by atoms with Crippen molar-refractivity contribution < 1.29 is 4.21 Å². The Bertz CT molecular complexity index is 746. The molecular weight excluding hydrogens is 282 g/mol. The SMILES string of the molecule is CCS(=O)c1ccccc1-c1nc2c(n1C)NCC(C)=C2. The van der Waals surface area contributed by atoms with Gasteiger partial charge in [0.05, 0.1) is 10.8 Å². The van der Waals surface area contributed by atoms with Crippen molar-refractivity contribution in [1.29, 1.82) is 0 Å². The van der Waals surface area contributed by atoms with Gasteiger partial charge < -0.3 is 9.88 Å². The zero-order valence-corrected chi connectivity index (χ0v) is 13.3. The van der Waals surface area contributed by atoms with Crippen molar-refractivity contribution in [2.24, 2.45) is 7.05 Å². The Morgan fingerprint density at radius 3 is 2.90 bits per heavy atom. The lowest BCUT2D eigenvalue weighted by Crippen LogP contribution is -2.11. The smallest absolute Gasteiger partial charge is 0.143 e. The minimum absolute atomic E-state index is 0.610. The predicted octanol–water partition coefficient (Wildman–Crippen LogP) is 3.04. The van der Waals surface area contributed by atoms with Crippen LogP contribution in [-0.4, -0.2) is 26.1 Å². The Morgan fingerprint density at radius 1 is 1.38 bits per heavy atom. The van der Waals surface area contributed by atoms with Gasteiger partial charge in [0.25, 0.3) is 0 Å². The van der Waals surface area contributed by atoms with Crippen LogP contribution in [-0.2, 0) is 17.8 Å². The largest absolute Gasteiger partial charge is 0.366 e. The third-order valence-electron chi connectivity index (χ3n) is 3.68. The topological polar surface area (TPSA) is 46.9 Å². The Labute approximate surface area is 127 Å². The average molecular weight is 301 g/mol. The number of fused-ring (bicyclic) bond motifs is 1. The highest BCUT2D eigenvalue weighted by atomic mass is 32.2. The molecule has 1 aromatic carbocycles. The number of aromatic nitrogens is 2. The first kappa shape index (κ1) is 14.1. The maximum atomic E-state index is 12.3. The first-order valence-electron chi connectivity index (χ1n) is 7.07. The second-order valence-electron chi connectivity index (χ2n) is 5.20. The molecule has 0 bridgehead atoms. The summed E-state index contributed by atoms with van der Waals surface area (Å²) in [5.74, 6) is 2.49. The van der Waals surface area contributed by atoms with E-state index in [-0.39, 0.29) is 0 Å². The molecule has 110 valence electrons. The van der Waals surface area contributed by atoms with Gasteiger partial charge in [-0.15, -0.1) is 0 Å². The van der Waals surface area contributed by atoms with E-state index in [1.807, 2.05) is 42.8 Å². The molecule has 0 amide bonds. The van der Waals surface area contributed by atoms with Crippen molar-refractivity contribution in [3.63, 3.8) is 0 Å². The molecule has 3 rings (SSSR count). The van der Waals surface area contributed by atoms with Gasteiger partial charge in [-0.3, -0.25) is 4.21 Å². The van der Waals surface area contributed by atoms with E-state index in [0.717, 1.165) is 34.3 Å². The van der Waals surface area contributed by atoms with Gasteiger partial charge >= 0.3 is 0 Å². The standard InChI is InChI=1S/C16H19N3OS/c1-4-21(20)14-8-6-5-7-12(14)15-18-13-9-11(2)10-17-16(13)19(15)3/h5-9,17H,4,10H2,1-3H3. The number of nitrogens with one attached hydrogen (secondary N) is 1. The Morgan fingerprint density at radius 2 is 2.14 bits per heavy atom. The van der Waals surface area contributed by atoms with Crippen molar-refractivity contribution in [1.82, 2.24) is 9.55 Å². The van der Waals surface area contributed by atoms with Crippen LogP contribution >= 0.6 is 0 Å². The normalized spacial score (nSPS) is 15.1. The fourth-order valence-electron chi connectivity index (χ4n) is 2.58. The average Bonchev–Trinajstić information content (AvgIpc) is 2.82. The molecule has 21 heavy (non-hydrogen) atoms. The van der Waals surface area contributed by atoms with Crippen LogP contribution in [0.3, 0.4) is 0 Å². The van der Waals surface area contributed by atoms with Gasteiger partial charge in [0.2, 0.25) is 0 Å². The van der Waals surface area contributed by atoms with Gasteiger partial charge in [0, 0.05) is 29.8 Å². The zero-order valence-electron chi connectivity index (χ0n) is 12.5. The van der Waals surface area contributed by atoms with E-state index in [0.29, 0.717) is 5.75 Å². The van der Waals surface area contributed by atoms with E-state index in [9.17, 15) is 4.21 Å². The second-order valence-corrected chi connectivity index (χ2v) is 6.91. The van der Waals surface area contributed by atoms with Crippen LogP contribution in [0, 0.1) is 0 Å². The number of hydrogen-bond donors (Lipinski definition) is 1. The Hall–Kier alpha value is -1.88. The summed E-state index contributed by atoms with van der Waals surface area (Å²) in [6.45, 7) is 4.86. The molecule has 4 nitrogen and oxygen atoms in total. The summed E-state index contributed by atoms with van der Waals surface area (Å²) in [6.07, 6.45) is 2.11. The summed E-state index contributed by atoms with van der Waals surface area (Å²) >= 11 is 0. The molecule has 1 aliphatic rings. The van der Waals surface area contributed by atoms with Crippen molar-refractivity contribution in [2.75, 3.05) is 17.6 Å². The Balaban J connectivity index is 2.17. The molecule has 1 N–H and O–H groups in total. The maximum absolute atomic E-state index is 12.3. The van der Waals surface area contributed by atoms with Gasteiger partial charge in [-0.2, -0.15) is 0 Å². The van der Waals surface area contributed by atoms with Gasteiger partial charge in [0.1, 0.15) is 17.3 Å². The van der Waals surface area contributed by atoms with E-state index in [1.54, 1.807) is 0 Å². The lowest BCUT2D eigenvalue weighted by atomic mass is 10.2. The highest BCUT2D eigenvalue weighted by molar-refractivity contribution is 7.85. The van der Waals surface area contributed by atoms with Crippen LogP contribution in [0.4, 0.5) is 5.82 Å². The molecule has 2 aromatic rings. The van der Waals surface area contributed by atoms with E-state index in [2.05, 4.69) is 18.3 Å². The third-order valence-corrected chi connectivity index (χ3v) is 5.05. The van der Waals surface area contributed by atoms with Crippen molar-refractivity contribution in [3.8, 4) is 11.4 Å². The summed E-state index contributed by atoms with van der Waals surface area (Å²) in [6, 6.07) is 7.82. The first-order chi connectivity index (χ1) is 10.1. The summed E-state index contributed by atoms with van der Waals surface area (Å²) in [4.78, 5) is 5.59. The quantitative estimate of drug-likeness (QED) is 0.948. The molecule has 5 heteroatoms.